The predicted octanol–water partition coefficient (Wildman–Crippen LogP) is 5.48. The molecule has 0 aliphatic heterocycles. The molecule has 0 heterocycles. The van der Waals surface area contributed by atoms with Gasteiger partial charge in [0.2, 0.25) is 0 Å². The highest BCUT2D eigenvalue weighted by molar-refractivity contribution is 7.92. The fourth-order valence-electron chi connectivity index (χ4n) is 3.46. The van der Waals surface area contributed by atoms with Gasteiger partial charge < -0.3 is 14.8 Å². The largest absolute Gasteiger partial charge is 0.494 e. The molecule has 0 bridgehead atoms. The van der Waals surface area contributed by atoms with Crippen LogP contribution in [0.25, 0.3) is 0 Å². The van der Waals surface area contributed by atoms with Crippen LogP contribution in [0, 0.1) is 20.8 Å². The van der Waals surface area contributed by atoms with E-state index >= 15 is 0 Å². The first kappa shape index (κ1) is 25.4. The summed E-state index contributed by atoms with van der Waals surface area (Å²) in [6, 6.07) is 14.6. The Morgan fingerprint density at radius 1 is 0.941 bits per heavy atom. The molecule has 1 amide bonds. The van der Waals surface area contributed by atoms with Crippen LogP contribution < -0.4 is 19.5 Å². The summed E-state index contributed by atoms with van der Waals surface area (Å²) in [7, 11) is -3.87. The Balaban J connectivity index is 1.64. The standard InChI is InChI=1S/C25H27ClN2O5S/c1-5-32-20-8-6-19(7-9-20)28-34(30,31)21-10-11-23(22(26)14-21)33-15-24(29)27-25-17(3)12-16(2)13-18(25)4/h6-14,28H,5,15H2,1-4H3,(H,27,29). The molecule has 0 aliphatic rings. The maximum atomic E-state index is 12.7. The van der Waals surface area contributed by atoms with Gasteiger partial charge in [-0.3, -0.25) is 9.52 Å². The van der Waals surface area contributed by atoms with Gasteiger partial charge in [0.15, 0.2) is 6.61 Å². The van der Waals surface area contributed by atoms with Crippen molar-refractivity contribution in [3.05, 3.63) is 76.3 Å². The quantitative estimate of drug-likeness (QED) is 0.404. The van der Waals surface area contributed by atoms with E-state index in [9.17, 15) is 13.2 Å². The van der Waals surface area contributed by atoms with E-state index < -0.39 is 10.0 Å². The van der Waals surface area contributed by atoms with Crippen LogP contribution in [0.2, 0.25) is 5.02 Å². The zero-order valence-corrected chi connectivity index (χ0v) is 21.0. The van der Waals surface area contributed by atoms with Crippen molar-refractivity contribution in [3.8, 4) is 11.5 Å². The Morgan fingerprint density at radius 2 is 1.59 bits per heavy atom. The minimum Gasteiger partial charge on any atom is -0.494 e. The summed E-state index contributed by atoms with van der Waals surface area (Å²) in [5, 5.41) is 2.92. The lowest BCUT2D eigenvalue weighted by molar-refractivity contribution is -0.118. The lowest BCUT2D eigenvalue weighted by Crippen LogP contribution is -2.21. The summed E-state index contributed by atoms with van der Waals surface area (Å²) in [4.78, 5) is 12.4. The third-order valence-electron chi connectivity index (χ3n) is 4.93. The molecular weight excluding hydrogens is 476 g/mol. The van der Waals surface area contributed by atoms with Crippen molar-refractivity contribution in [2.24, 2.45) is 0 Å². The molecule has 0 fully saturated rings. The van der Waals surface area contributed by atoms with E-state index in [4.69, 9.17) is 21.1 Å². The van der Waals surface area contributed by atoms with Crippen molar-refractivity contribution in [3.63, 3.8) is 0 Å². The molecular formula is C25H27ClN2O5S. The maximum Gasteiger partial charge on any atom is 0.262 e. The first-order chi connectivity index (χ1) is 16.1. The number of anilines is 2. The second-order valence-electron chi connectivity index (χ2n) is 7.77. The summed E-state index contributed by atoms with van der Waals surface area (Å²) in [5.41, 5.74) is 4.16. The van der Waals surface area contributed by atoms with E-state index in [2.05, 4.69) is 10.0 Å². The van der Waals surface area contributed by atoms with Crippen molar-refractivity contribution in [2.75, 3.05) is 23.3 Å². The van der Waals surface area contributed by atoms with Gasteiger partial charge in [-0.15, -0.1) is 0 Å². The Kier molecular flexibility index (Phi) is 8.06. The van der Waals surface area contributed by atoms with Gasteiger partial charge in [-0.05, 0) is 81.3 Å². The van der Waals surface area contributed by atoms with Crippen LogP contribution in [0.5, 0.6) is 11.5 Å². The molecule has 0 saturated carbocycles. The third kappa shape index (κ3) is 6.42. The zero-order valence-electron chi connectivity index (χ0n) is 19.4. The number of benzene rings is 3. The normalized spacial score (nSPS) is 11.1. The number of nitrogens with one attached hydrogen (secondary N) is 2. The van der Waals surface area contributed by atoms with Gasteiger partial charge in [-0.1, -0.05) is 29.3 Å². The molecule has 0 atom stereocenters. The molecule has 0 aromatic heterocycles. The maximum absolute atomic E-state index is 12.7. The van der Waals surface area contributed by atoms with Crippen LogP contribution in [-0.2, 0) is 14.8 Å². The Morgan fingerprint density at radius 3 is 2.18 bits per heavy atom. The molecule has 0 spiro atoms. The molecule has 7 nitrogen and oxygen atoms in total. The topological polar surface area (TPSA) is 93.7 Å². The first-order valence-corrected chi connectivity index (χ1v) is 12.5. The van der Waals surface area contributed by atoms with Gasteiger partial charge in [-0.25, -0.2) is 8.42 Å². The van der Waals surface area contributed by atoms with E-state index in [0.717, 1.165) is 22.4 Å². The monoisotopic (exact) mass is 502 g/mol. The van der Waals surface area contributed by atoms with Gasteiger partial charge in [0.1, 0.15) is 11.5 Å². The molecule has 9 heteroatoms. The number of halogens is 1. The molecule has 3 aromatic carbocycles. The van der Waals surface area contributed by atoms with E-state index in [-0.39, 0.29) is 28.2 Å². The molecule has 0 saturated heterocycles. The molecule has 3 rings (SSSR count). The highest BCUT2D eigenvalue weighted by Crippen LogP contribution is 2.29. The lowest BCUT2D eigenvalue weighted by atomic mass is 10.1. The predicted molar refractivity (Wildman–Crippen MR) is 135 cm³/mol. The van der Waals surface area contributed by atoms with Gasteiger partial charge in [0, 0.05) is 11.4 Å². The fourth-order valence-corrected chi connectivity index (χ4v) is 4.85. The highest BCUT2D eigenvalue weighted by Gasteiger charge is 2.17. The highest BCUT2D eigenvalue weighted by atomic mass is 35.5. The van der Waals surface area contributed by atoms with E-state index in [0.29, 0.717) is 18.0 Å². The van der Waals surface area contributed by atoms with Gasteiger partial charge in [-0.2, -0.15) is 0 Å². The van der Waals surface area contributed by atoms with Crippen molar-refractivity contribution in [2.45, 2.75) is 32.6 Å². The first-order valence-electron chi connectivity index (χ1n) is 10.6. The van der Waals surface area contributed by atoms with Crippen molar-refractivity contribution in [1.82, 2.24) is 0 Å². The van der Waals surface area contributed by atoms with Crippen LogP contribution in [0.4, 0.5) is 11.4 Å². The number of hydrogen-bond acceptors (Lipinski definition) is 5. The molecule has 180 valence electrons. The van der Waals surface area contributed by atoms with Crippen molar-refractivity contribution < 1.29 is 22.7 Å². The van der Waals surface area contributed by atoms with Crippen LogP contribution >= 0.6 is 11.6 Å². The van der Waals surface area contributed by atoms with Gasteiger partial charge in [0.25, 0.3) is 15.9 Å². The minimum absolute atomic E-state index is 0.0332. The molecule has 34 heavy (non-hydrogen) atoms. The Hall–Kier alpha value is -3.23. The summed E-state index contributed by atoms with van der Waals surface area (Å²) in [6.45, 7) is 7.95. The van der Waals surface area contributed by atoms with Crippen LogP contribution in [0.1, 0.15) is 23.6 Å². The number of carbonyl (C=O) groups is 1. The molecule has 0 radical (unpaired) electrons. The molecule has 0 unspecified atom stereocenters. The minimum atomic E-state index is -3.87. The fraction of sp³-hybridized carbons (Fsp3) is 0.240. The number of ether oxygens (including phenoxy) is 2. The smallest absolute Gasteiger partial charge is 0.262 e. The number of carbonyl (C=O) groups excluding carboxylic acids is 1. The van der Waals surface area contributed by atoms with Crippen LogP contribution in [-0.4, -0.2) is 27.5 Å². The summed E-state index contributed by atoms with van der Waals surface area (Å²) in [6.07, 6.45) is 0. The second-order valence-corrected chi connectivity index (χ2v) is 9.86. The molecule has 2 N–H and O–H groups in total. The lowest BCUT2D eigenvalue weighted by Gasteiger charge is -2.14. The van der Waals surface area contributed by atoms with E-state index in [1.165, 1.54) is 18.2 Å². The van der Waals surface area contributed by atoms with Crippen LogP contribution in [0.3, 0.4) is 0 Å². The summed E-state index contributed by atoms with van der Waals surface area (Å²) in [5.74, 6) is 0.501. The average molecular weight is 503 g/mol. The SMILES string of the molecule is CCOc1ccc(NS(=O)(=O)c2ccc(OCC(=O)Nc3c(C)cc(C)cc3C)c(Cl)c2)cc1. The van der Waals surface area contributed by atoms with E-state index in [1.807, 2.05) is 39.8 Å². The van der Waals surface area contributed by atoms with Gasteiger partial charge >= 0.3 is 0 Å². The number of hydrogen-bond donors (Lipinski definition) is 2. The van der Waals surface area contributed by atoms with Gasteiger partial charge in [0.05, 0.1) is 16.5 Å². The number of aryl methyl sites for hydroxylation is 3. The summed E-state index contributed by atoms with van der Waals surface area (Å²) >= 11 is 6.24. The molecule has 0 aliphatic carbocycles. The molecule has 3 aromatic rings. The average Bonchev–Trinajstić information content (AvgIpc) is 2.76. The van der Waals surface area contributed by atoms with Crippen LogP contribution in [0.15, 0.2) is 59.5 Å². The number of amides is 1. The summed E-state index contributed by atoms with van der Waals surface area (Å²) < 4.78 is 38.8. The van der Waals surface area contributed by atoms with Crippen molar-refractivity contribution in [1.29, 1.82) is 0 Å². The van der Waals surface area contributed by atoms with E-state index in [1.54, 1.807) is 24.3 Å². The number of rotatable bonds is 9. The second kappa shape index (κ2) is 10.8. The van der Waals surface area contributed by atoms with Crippen molar-refractivity contribution >= 4 is 38.9 Å². The zero-order chi connectivity index (χ0) is 24.9. The Labute approximate surface area is 205 Å². The third-order valence-corrected chi connectivity index (χ3v) is 6.61. The number of sulfonamides is 1. The Bertz CT molecular complexity index is 1270.